The largest absolute Gasteiger partial charge is 0.322 e. The molecule has 0 radical (unpaired) electrons. The second-order valence-electron chi connectivity index (χ2n) is 6.67. The topological polar surface area (TPSA) is 71.1 Å². The van der Waals surface area contributed by atoms with E-state index in [1.165, 1.54) is 12.3 Å². The molecule has 1 aromatic heterocycles. The molecule has 2 amide bonds. The summed E-state index contributed by atoms with van der Waals surface area (Å²) in [6.45, 7) is 5.80. The van der Waals surface area contributed by atoms with Crippen molar-refractivity contribution in [2.75, 3.05) is 10.6 Å². The summed E-state index contributed by atoms with van der Waals surface area (Å²) in [6.07, 6.45) is 1.44. The maximum atomic E-state index is 12.6. The quantitative estimate of drug-likeness (QED) is 0.642. The van der Waals surface area contributed by atoms with Crippen molar-refractivity contribution in [2.45, 2.75) is 20.8 Å². The highest BCUT2D eigenvalue weighted by molar-refractivity contribution is 6.31. The molecular weight excluding hydrogens is 374 g/mol. The van der Waals surface area contributed by atoms with Gasteiger partial charge in [0.2, 0.25) is 0 Å². The molecule has 0 saturated heterocycles. The van der Waals surface area contributed by atoms with Crippen LogP contribution >= 0.6 is 11.6 Å². The third kappa shape index (κ3) is 4.75. The van der Waals surface area contributed by atoms with Crippen LogP contribution in [0.25, 0.3) is 0 Å². The second kappa shape index (κ2) is 8.23. The third-order valence-corrected chi connectivity index (χ3v) is 4.42. The fraction of sp³-hybridized carbons (Fsp3) is 0.136. The summed E-state index contributed by atoms with van der Waals surface area (Å²) in [5.74, 6) is -0.716. The molecule has 0 atom stereocenters. The van der Waals surface area contributed by atoms with Gasteiger partial charge in [-0.2, -0.15) is 0 Å². The molecule has 142 valence electrons. The predicted molar refractivity (Wildman–Crippen MR) is 112 cm³/mol. The number of benzene rings is 2. The number of rotatable bonds is 4. The van der Waals surface area contributed by atoms with Crippen molar-refractivity contribution < 1.29 is 9.59 Å². The van der Waals surface area contributed by atoms with Gasteiger partial charge in [-0.3, -0.25) is 14.6 Å². The van der Waals surface area contributed by atoms with Crippen LogP contribution in [0.3, 0.4) is 0 Å². The van der Waals surface area contributed by atoms with Crippen LogP contribution in [0.5, 0.6) is 0 Å². The Morgan fingerprint density at radius 3 is 2.29 bits per heavy atom. The number of carbonyl (C=O) groups is 2. The Hall–Kier alpha value is -3.18. The van der Waals surface area contributed by atoms with E-state index in [-0.39, 0.29) is 11.6 Å². The molecule has 3 rings (SSSR count). The van der Waals surface area contributed by atoms with Crippen molar-refractivity contribution in [3.05, 3.63) is 87.7 Å². The van der Waals surface area contributed by atoms with Crippen molar-refractivity contribution in [1.82, 2.24) is 4.98 Å². The van der Waals surface area contributed by atoms with Gasteiger partial charge in [0, 0.05) is 28.2 Å². The number of halogens is 1. The molecule has 0 fully saturated rings. The Kier molecular flexibility index (Phi) is 5.76. The van der Waals surface area contributed by atoms with E-state index in [1.54, 1.807) is 18.2 Å². The van der Waals surface area contributed by atoms with Crippen molar-refractivity contribution in [2.24, 2.45) is 0 Å². The number of nitrogens with one attached hydrogen (secondary N) is 2. The first kappa shape index (κ1) is 19.6. The van der Waals surface area contributed by atoms with Crippen molar-refractivity contribution in [3.63, 3.8) is 0 Å². The summed E-state index contributed by atoms with van der Waals surface area (Å²) in [7, 11) is 0. The molecular formula is C22H20ClN3O2. The number of aryl methyl sites for hydroxylation is 3. The molecule has 2 N–H and O–H groups in total. The zero-order valence-electron chi connectivity index (χ0n) is 15.8. The van der Waals surface area contributed by atoms with Gasteiger partial charge in [-0.1, -0.05) is 23.7 Å². The Balaban J connectivity index is 1.78. The standard InChI is InChI=1S/C22H20ClN3O2/c1-13-8-14(2)10-18(9-13)25-21(27)16-6-7-24-20(11-16)22(28)26-19-12-17(23)5-4-15(19)3/h4-12H,1-3H3,(H,25,27)(H,26,28). The van der Waals surface area contributed by atoms with E-state index in [2.05, 4.69) is 15.6 Å². The van der Waals surface area contributed by atoms with Gasteiger partial charge in [0.25, 0.3) is 11.8 Å². The highest BCUT2D eigenvalue weighted by Crippen LogP contribution is 2.21. The second-order valence-corrected chi connectivity index (χ2v) is 7.11. The molecule has 5 nitrogen and oxygen atoms in total. The monoisotopic (exact) mass is 393 g/mol. The minimum Gasteiger partial charge on any atom is -0.322 e. The first-order valence-corrected chi connectivity index (χ1v) is 9.13. The van der Waals surface area contributed by atoms with E-state index in [9.17, 15) is 9.59 Å². The van der Waals surface area contributed by atoms with Gasteiger partial charge >= 0.3 is 0 Å². The fourth-order valence-electron chi connectivity index (χ4n) is 2.86. The van der Waals surface area contributed by atoms with Crippen LogP contribution in [-0.2, 0) is 0 Å². The van der Waals surface area contributed by atoms with Crippen molar-refractivity contribution in [1.29, 1.82) is 0 Å². The Labute approximate surface area is 168 Å². The maximum absolute atomic E-state index is 12.6. The van der Waals surface area contributed by atoms with Gasteiger partial charge in [0.05, 0.1) is 0 Å². The van der Waals surface area contributed by atoms with Gasteiger partial charge in [-0.25, -0.2) is 0 Å². The van der Waals surface area contributed by atoms with E-state index in [0.717, 1.165) is 16.7 Å². The summed E-state index contributed by atoms with van der Waals surface area (Å²) in [6, 6.07) is 14.1. The van der Waals surface area contributed by atoms with Crippen LogP contribution in [-0.4, -0.2) is 16.8 Å². The lowest BCUT2D eigenvalue weighted by molar-refractivity contribution is 0.102. The number of anilines is 2. The summed E-state index contributed by atoms with van der Waals surface area (Å²) < 4.78 is 0. The summed E-state index contributed by atoms with van der Waals surface area (Å²) >= 11 is 5.99. The molecule has 0 spiro atoms. The Morgan fingerprint density at radius 1 is 0.857 bits per heavy atom. The van der Waals surface area contributed by atoms with Crippen LogP contribution in [0.4, 0.5) is 11.4 Å². The van der Waals surface area contributed by atoms with Crippen molar-refractivity contribution in [3.8, 4) is 0 Å². The molecule has 28 heavy (non-hydrogen) atoms. The minimum atomic E-state index is -0.411. The summed E-state index contributed by atoms with van der Waals surface area (Å²) in [5, 5.41) is 6.16. The van der Waals surface area contributed by atoms with E-state index in [1.807, 2.05) is 45.0 Å². The van der Waals surface area contributed by atoms with Gasteiger partial charge in [-0.05, 0) is 73.9 Å². The van der Waals surface area contributed by atoms with E-state index < -0.39 is 5.91 Å². The highest BCUT2D eigenvalue weighted by atomic mass is 35.5. The molecule has 0 saturated carbocycles. The van der Waals surface area contributed by atoms with E-state index in [0.29, 0.717) is 22.0 Å². The smallest absolute Gasteiger partial charge is 0.274 e. The lowest BCUT2D eigenvalue weighted by Gasteiger charge is -2.10. The fourth-order valence-corrected chi connectivity index (χ4v) is 3.03. The van der Waals surface area contributed by atoms with E-state index in [4.69, 9.17) is 11.6 Å². The van der Waals surface area contributed by atoms with Crippen LogP contribution < -0.4 is 10.6 Å². The molecule has 1 heterocycles. The number of hydrogen-bond acceptors (Lipinski definition) is 3. The highest BCUT2D eigenvalue weighted by Gasteiger charge is 2.14. The van der Waals surface area contributed by atoms with Gasteiger partial charge in [0.1, 0.15) is 5.69 Å². The first-order valence-electron chi connectivity index (χ1n) is 8.75. The number of aromatic nitrogens is 1. The molecule has 0 aliphatic rings. The van der Waals surface area contributed by atoms with Gasteiger partial charge < -0.3 is 10.6 Å². The minimum absolute atomic E-state index is 0.146. The first-order chi connectivity index (χ1) is 13.3. The molecule has 0 bridgehead atoms. The number of carbonyl (C=O) groups excluding carboxylic acids is 2. The zero-order chi connectivity index (χ0) is 20.3. The summed E-state index contributed by atoms with van der Waals surface area (Å²) in [4.78, 5) is 29.2. The lowest BCUT2D eigenvalue weighted by atomic mass is 10.1. The molecule has 3 aromatic rings. The molecule has 0 aliphatic heterocycles. The Morgan fingerprint density at radius 2 is 1.57 bits per heavy atom. The zero-order valence-corrected chi connectivity index (χ0v) is 16.6. The predicted octanol–water partition coefficient (Wildman–Crippen LogP) is 5.16. The average Bonchev–Trinajstić information content (AvgIpc) is 2.64. The molecule has 0 aliphatic carbocycles. The number of nitrogens with zero attached hydrogens (tertiary/aromatic N) is 1. The molecule has 6 heteroatoms. The average molecular weight is 394 g/mol. The third-order valence-electron chi connectivity index (χ3n) is 4.18. The normalized spacial score (nSPS) is 10.4. The number of hydrogen-bond donors (Lipinski definition) is 2. The van der Waals surface area contributed by atoms with Crippen LogP contribution in [0.2, 0.25) is 5.02 Å². The van der Waals surface area contributed by atoms with Gasteiger partial charge in [0.15, 0.2) is 0 Å². The van der Waals surface area contributed by atoms with E-state index >= 15 is 0 Å². The van der Waals surface area contributed by atoms with Gasteiger partial charge in [-0.15, -0.1) is 0 Å². The molecule has 2 aromatic carbocycles. The Bertz CT molecular complexity index is 1040. The SMILES string of the molecule is Cc1cc(C)cc(NC(=O)c2ccnc(C(=O)Nc3cc(Cl)ccc3C)c2)c1. The maximum Gasteiger partial charge on any atom is 0.274 e. The number of pyridine rings is 1. The number of amides is 2. The van der Waals surface area contributed by atoms with Crippen LogP contribution in [0.15, 0.2) is 54.7 Å². The summed E-state index contributed by atoms with van der Waals surface area (Å²) in [5.41, 5.74) is 4.80. The molecule has 0 unspecified atom stereocenters. The lowest BCUT2D eigenvalue weighted by Crippen LogP contribution is -2.17. The van der Waals surface area contributed by atoms with Crippen LogP contribution in [0, 0.1) is 20.8 Å². The van der Waals surface area contributed by atoms with Crippen LogP contribution in [0.1, 0.15) is 37.5 Å². The van der Waals surface area contributed by atoms with Crippen molar-refractivity contribution >= 4 is 34.8 Å².